The highest BCUT2D eigenvalue weighted by atomic mass is 15.2. The highest BCUT2D eigenvalue weighted by Gasteiger charge is 2.15. The molecule has 0 aliphatic rings. The predicted octanol–water partition coefficient (Wildman–Crippen LogP) is 4.70. The van der Waals surface area contributed by atoms with Gasteiger partial charge in [0.15, 0.2) is 0 Å². The number of nitrogens with two attached hydrogens (primary N) is 1. The molecule has 1 rings (SSSR count). The Morgan fingerprint density at radius 3 is 2.21 bits per heavy atom. The third-order valence-electron chi connectivity index (χ3n) is 3.57. The van der Waals surface area contributed by atoms with Crippen molar-refractivity contribution in [3.8, 4) is 0 Å². The number of nitrogen functional groups attached to an aromatic ring is 1. The largest absolute Gasteiger partial charge is 0.399 e. The number of hydrogen-bond donors (Lipinski definition) is 1. The maximum absolute atomic E-state index is 5.79. The van der Waals surface area contributed by atoms with E-state index in [0.717, 1.165) is 18.2 Å². The van der Waals surface area contributed by atoms with Gasteiger partial charge in [0, 0.05) is 24.0 Å². The standard InChI is InChI=1S/C17H30N2/c1-5-6-7-12-19(15(4)13-14(2)3)17-10-8-16(18)9-11-17/h8-11,14-15H,5-7,12-13,18H2,1-4H3. The minimum atomic E-state index is 0.584. The van der Waals surface area contributed by atoms with E-state index in [1.807, 2.05) is 12.1 Å². The van der Waals surface area contributed by atoms with Crippen molar-refractivity contribution >= 4 is 11.4 Å². The minimum absolute atomic E-state index is 0.584. The molecule has 2 N–H and O–H groups in total. The number of benzene rings is 1. The van der Waals surface area contributed by atoms with E-state index in [1.54, 1.807) is 0 Å². The van der Waals surface area contributed by atoms with Gasteiger partial charge >= 0.3 is 0 Å². The summed E-state index contributed by atoms with van der Waals surface area (Å²) in [5.74, 6) is 0.734. The van der Waals surface area contributed by atoms with E-state index >= 15 is 0 Å². The molecule has 108 valence electrons. The molecule has 1 aromatic carbocycles. The Kier molecular flexibility index (Phi) is 6.75. The maximum Gasteiger partial charge on any atom is 0.0370 e. The Morgan fingerprint density at radius 1 is 1.05 bits per heavy atom. The number of anilines is 2. The molecule has 1 atom stereocenters. The van der Waals surface area contributed by atoms with E-state index in [0.29, 0.717) is 6.04 Å². The van der Waals surface area contributed by atoms with Gasteiger partial charge in [0.25, 0.3) is 0 Å². The second-order valence-corrected chi connectivity index (χ2v) is 5.97. The molecule has 0 bridgehead atoms. The second kappa shape index (κ2) is 8.08. The van der Waals surface area contributed by atoms with Crippen LogP contribution in [0.4, 0.5) is 11.4 Å². The normalized spacial score (nSPS) is 12.7. The van der Waals surface area contributed by atoms with E-state index in [2.05, 4.69) is 44.7 Å². The summed E-state index contributed by atoms with van der Waals surface area (Å²) in [6.07, 6.45) is 5.08. The summed E-state index contributed by atoms with van der Waals surface area (Å²) in [7, 11) is 0. The van der Waals surface area contributed by atoms with E-state index in [1.165, 1.54) is 31.4 Å². The van der Waals surface area contributed by atoms with Crippen LogP contribution in [0.5, 0.6) is 0 Å². The monoisotopic (exact) mass is 262 g/mol. The lowest BCUT2D eigenvalue weighted by Gasteiger charge is -2.32. The highest BCUT2D eigenvalue weighted by Crippen LogP contribution is 2.22. The molecule has 0 saturated carbocycles. The molecule has 19 heavy (non-hydrogen) atoms. The summed E-state index contributed by atoms with van der Waals surface area (Å²) < 4.78 is 0. The summed E-state index contributed by atoms with van der Waals surface area (Å²) in [5.41, 5.74) is 7.93. The fraction of sp³-hybridized carbons (Fsp3) is 0.647. The molecule has 0 amide bonds. The summed E-state index contributed by atoms with van der Waals surface area (Å²) in [4.78, 5) is 2.54. The molecule has 0 aliphatic carbocycles. The number of unbranched alkanes of at least 4 members (excludes halogenated alkanes) is 2. The Labute approximate surface area is 119 Å². The van der Waals surface area contributed by atoms with Crippen LogP contribution in [-0.2, 0) is 0 Å². The number of rotatable bonds is 8. The Hall–Kier alpha value is -1.18. The maximum atomic E-state index is 5.79. The van der Waals surface area contributed by atoms with Gasteiger partial charge in [-0.05, 0) is 49.9 Å². The zero-order valence-electron chi connectivity index (χ0n) is 13.0. The molecular formula is C17H30N2. The van der Waals surface area contributed by atoms with Crippen LogP contribution in [0, 0.1) is 5.92 Å². The first-order chi connectivity index (χ1) is 9.04. The van der Waals surface area contributed by atoms with Gasteiger partial charge in [0.05, 0.1) is 0 Å². The lowest BCUT2D eigenvalue weighted by molar-refractivity contribution is 0.481. The van der Waals surface area contributed by atoms with Crippen LogP contribution in [0.2, 0.25) is 0 Å². The predicted molar refractivity (Wildman–Crippen MR) is 86.6 cm³/mol. The molecule has 0 heterocycles. The summed E-state index contributed by atoms with van der Waals surface area (Å²) >= 11 is 0. The lowest BCUT2D eigenvalue weighted by Crippen LogP contribution is -2.35. The van der Waals surface area contributed by atoms with Crippen molar-refractivity contribution in [2.45, 2.75) is 59.4 Å². The first kappa shape index (κ1) is 15.9. The van der Waals surface area contributed by atoms with Gasteiger partial charge in [0.2, 0.25) is 0 Å². The average molecular weight is 262 g/mol. The van der Waals surface area contributed by atoms with Crippen molar-refractivity contribution < 1.29 is 0 Å². The molecule has 0 aliphatic heterocycles. The van der Waals surface area contributed by atoms with Gasteiger partial charge in [-0.3, -0.25) is 0 Å². The third kappa shape index (κ3) is 5.54. The van der Waals surface area contributed by atoms with E-state index in [4.69, 9.17) is 5.73 Å². The van der Waals surface area contributed by atoms with Crippen LogP contribution in [-0.4, -0.2) is 12.6 Å². The highest BCUT2D eigenvalue weighted by molar-refractivity contribution is 5.53. The molecular weight excluding hydrogens is 232 g/mol. The van der Waals surface area contributed by atoms with Gasteiger partial charge < -0.3 is 10.6 Å². The van der Waals surface area contributed by atoms with E-state index in [9.17, 15) is 0 Å². The molecule has 2 nitrogen and oxygen atoms in total. The smallest absolute Gasteiger partial charge is 0.0370 e. The molecule has 1 unspecified atom stereocenters. The zero-order valence-corrected chi connectivity index (χ0v) is 13.0. The quantitative estimate of drug-likeness (QED) is 0.543. The van der Waals surface area contributed by atoms with Crippen LogP contribution in [0.1, 0.15) is 53.4 Å². The first-order valence-corrected chi connectivity index (χ1v) is 7.66. The van der Waals surface area contributed by atoms with Crippen molar-refractivity contribution in [3.63, 3.8) is 0 Å². The fourth-order valence-corrected chi connectivity index (χ4v) is 2.61. The van der Waals surface area contributed by atoms with Crippen molar-refractivity contribution in [1.29, 1.82) is 0 Å². The lowest BCUT2D eigenvalue weighted by atomic mass is 10.0. The van der Waals surface area contributed by atoms with Crippen molar-refractivity contribution in [2.24, 2.45) is 5.92 Å². The molecule has 0 radical (unpaired) electrons. The topological polar surface area (TPSA) is 29.3 Å². The van der Waals surface area contributed by atoms with Gasteiger partial charge in [-0.25, -0.2) is 0 Å². The molecule has 0 saturated heterocycles. The SMILES string of the molecule is CCCCCN(c1ccc(N)cc1)C(C)CC(C)C. The van der Waals surface area contributed by atoms with Crippen molar-refractivity contribution in [2.75, 3.05) is 17.2 Å². The molecule has 0 fully saturated rings. The molecule has 0 spiro atoms. The van der Waals surface area contributed by atoms with Crippen LogP contribution in [0.25, 0.3) is 0 Å². The van der Waals surface area contributed by atoms with Crippen LogP contribution in [0.3, 0.4) is 0 Å². The van der Waals surface area contributed by atoms with Gasteiger partial charge in [-0.1, -0.05) is 33.6 Å². The fourth-order valence-electron chi connectivity index (χ4n) is 2.61. The Balaban J connectivity index is 2.75. The molecule has 0 aromatic heterocycles. The van der Waals surface area contributed by atoms with Crippen molar-refractivity contribution in [1.82, 2.24) is 0 Å². The number of hydrogen-bond acceptors (Lipinski definition) is 2. The average Bonchev–Trinajstić information content (AvgIpc) is 2.35. The van der Waals surface area contributed by atoms with Gasteiger partial charge in [0.1, 0.15) is 0 Å². The van der Waals surface area contributed by atoms with E-state index in [-0.39, 0.29) is 0 Å². The Bertz CT molecular complexity index is 343. The molecule has 2 heteroatoms. The Morgan fingerprint density at radius 2 is 1.68 bits per heavy atom. The van der Waals surface area contributed by atoms with Gasteiger partial charge in [-0.15, -0.1) is 0 Å². The second-order valence-electron chi connectivity index (χ2n) is 5.97. The van der Waals surface area contributed by atoms with Crippen LogP contribution < -0.4 is 10.6 Å². The summed E-state index contributed by atoms with van der Waals surface area (Å²) in [5, 5.41) is 0. The zero-order chi connectivity index (χ0) is 14.3. The molecule has 1 aromatic rings. The third-order valence-corrected chi connectivity index (χ3v) is 3.57. The van der Waals surface area contributed by atoms with Gasteiger partial charge in [-0.2, -0.15) is 0 Å². The first-order valence-electron chi connectivity index (χ1n) is 7.66. The minimum Gasteiger partial charge on any atom is -0.399 e. The summed E-state index contributed by atoms with van der Waals surface area (Å²) in [6, 6.07) is 8.89. The summed E-state index contributed by atoms with van der Waals surface area (Å²) in [6.45, 7) is 10.3. The van der Waals surface area contributed by atoms with E-state index < -0.39 is 0 Å². The number of nitrogens with zero attached hydrogens (tertiary/aromatic N) is 1. The van der Waals surface area contributed by atoms with Crippen LogP contribution in [0.15, 0.2) is 24.3 Å². The van der Waals surface area contributed by atoms with Crippen molar-refractivity contribution in [3.05, 3.63) is 24.3 Å². The van der Waals surface area contributed by atoms with Crippen LogP contribution >= 0.6 is 0 Å².